The summed E-state index contributed by atoms with van der Waals surface area (Å²) in [6, 6.07) is 0. The molecule has 0 spiro atoms. The van der Waals surface area contributed by atoms with E-state index in [0.717, 1.165) is 29.7 Å². The Labute approximate surface area is 223 Å². The highest BCUT2D eigenvalue weighted by molar-refractivity contribution is 5.61. The second kappa shape index (κ2) is 11.0. The highest BCUT2D eigenvalue weighted by Gasteiger charge is 2.61. The Balaban J connectivity index is 1.60. The number of hydrogen-bond donors (Lipinski definition) is 0. The van der Waals surface area contributed by atoms with Crippen molar-refractivity contribution in [2.24, 2.45) is 46.3 Å². The smallest absolute Gasteiger partial charge is 0.438 e. The Hall–Kier alpha value is -1.98. The summed E-state index contributed by atoms with van der Waals surface area (Å²) in [5, 5.41) is 0. The molecule has 0 unspecified atom stereocenters. The quantitative estimate of drug-likeness (QED) is 0.323. The molecular weight excluding hydrogens is 468 g/mol. The van der Waals surface area contributed by atoms with E-state index in [1.807, 2.05) is 6.08 Å². The molecule has 4 aliphatic rings. The van der Waals surface area contributed by atoms with Gasteiger partial charge < -0.3 is 18.9 Å². The number of ether oxygens (including phenoxy) is 4. The van der Waals surface area contributed by atoms with Crippen molar-refractivity contribution in [1.82, 2.24) is 0 Å². The molecule has 0 bridgehead atoms. The van der Waals surface area contributed by atoms with Crippen molar-refractivity contribution in [2.75, 3.05) is 14.2 Å². The Bertz CT molecular complexity index is 907. The van der Waals surface area contributed by atoms with Crippen LogP contribution in [0.1, 0.15) is 86.0 Å². The first kappa shape index (κ1) is 28.0. The lowest BCUT2D eigenvalue weighted by atomic mass is 9.47. The molecule has 4 rings (SSSR count). The molecular formula is C31H48O6. The van der Waals surface area contributed by atoms with Crippen molar-refractivity contribution in [3.05, 3.63) is 23.8 Å². The van der Waals surface area contributed by atoms with E-state index in [-0.39, 0.29) is 5.41 Å². The minimum atomic E-state index is -0.729. The van der Waals surface area contributed by atoms with Crippen molar-refractivity contribution >= 4 is 12.3 Å². The lowest BCUT2D eigenvalue weighted by molar-refractivity contribution is -0.0964. The lowest BCUT2D eigenvalue weighted by Gasteiger charge is -2.58. The second-order valence-electron chi connectivity index (χ2n) is 13.0. The first-order chi connectivity index (χ1) is 17.5. The van der Waals surface area contributed by atoms with Crippen LogP contribution >= 0.6 is 0 Å². The van der Waals surface area contributed by atoms with Crippen LogP contribution in [-0.2, 0) is 18.9 Å². The fourth-order valence-corrected chi connectivity index (χ4v) is 8.77. The molecule has 0 aromatic carbocycles. The van der Waals surface area contributed by atoms with Crippen molar-refractivity contribution in [3.63, 3.8) is 0 Å². The molecule has 0 aromatic rings. The second-order valence-corrected chi connectivity index (χ2v) is 13.0. The standard InChI is InChI=1S/C31H48O6/c1-19(2)9-8-10-20(3)24-13-14-25-23-12-11-21-17-22(36-28(32)34-6)18-27(37-29(33)35-7)31(21,5)26(23)15-16-30(24,25)4/h11-12,17,19-20,22-27H,8-10,13-16,18H2,1-7H3/t20-,22-,23+,24-,25+,26+,27+,30-,31+/m1/s1. The minimum Gasteiger partial charge on any atom is -0.438 e. The largest absolute Gasteiger partial charge is 0.508 e. The van der Waals surface area contributed by atoms with E-state index in [1.54, 1.807) is 0 Å². The predicted octanol–water partition coefficient (Wildman–Crippen LogP) is 7.72. The SMILES string of the molecule is COC(=O)O[C@@H]1C=C2C=C[C@H]3[C@@H]4CC[C@H]([C@H](C)CCCC(C)C)[C@@]4(C)CC[C@@H]3[C@@]2(C)[C@@H](OC(=O)OC)C1. The van der Waals surface area contributed by atoms with Crippen LogP contribution in [0, 0.1) is 46.3 Å². The number of carbonyl (C=O) groups excluding carboxylic acids is 2. The molecule has 2 saturated carbocycles. The molecule has 9 atom stereocenters. The average molecular weight is 517 g/mol. The summed E-state index contributed by atoms with van der Waals surface area (Å²) in [4.78, 5) is 24.2. The maximum atomic E-state index is 12.3. The van der Waals surface area contributed by atoms with Gasteiger partial charge in [-0.15, -0.1) is 0 Å². The summed E-state index contributed by atoms with van der Waals surface area (Å²) >= 11 is 0. The highest BCUT2D eigenvalue weighted by Crippen LogP contribution is 2.66. The van der Waals surface area contributed by atoms with Crippen molar-refractivity contribution < 1.29 is 28.5 Å². The van der Waals surface area contributed by atoms with Gasteiger partial charge >= 0.3 is 12.3 Å². The predicted molar refractivity (Wildman–Crippen MR) is 143 cm³/mol. The van der Waals surface area contributed by atoms with Crippen LogP contribution in [0.25, 0.3) is 0 Å². The third-order valence-electron chi connectivity index (χ3n) is 10.7. The fourth-order valence-electron chi connectivity index (χ4n) is 8.77. The third-order valence-corrected chi connectivity index (χ3v) is 10.7. The third kappa shape index (κ3) is 5.18. The van der Waals surface area contributed by atoms with Crippen LogP contribution in [0.4, 0.5) is 9.59 Å². The molecule has 6 nitrogen and oxygen atoms in total. The summed E-state index contributed by atoms with van der Waals surface area (Å²) in [5.41, 5.74) is 1.08. The monoisotopic (exact) mass is 516 g/mol. The van der Waals surface area contributed by atoms with Gasteiger partial charge in [0.1, 0.15) is 12.2 Å². The maximum Gasteiger partial charge on any atom is 0.508 e. The minimum absolute atomic E-state index is 0.351. The van der Waals surface area contributed by atoms with Gasteiger partial charge in [0.25, 0.3) is 0 Å². The zero-order chi connectivity index (χ0) is 27.0. The number of carbonyl (C=O) groups is 2. The first-order valence-corrected chi connectivity index (χ1v) is 14.4. The number of allylic oxidation sites excluding steroid dienone is 2. The Morgan fingerprint density at radius 2 is 1.68 bits per heavy atom. The Morgan fingerprint density at radius 1 is 0.973 bits per heavy atom. The van der Waals surface area contributed by atoms with E-state index in [9.17, 15) is 9.59 Å². The first-order valence-electron chi connectivity index (χ1n) is 14.4. The van der Waals surface area contributed by atoms with Gasteiger partial charge in [0.15, 0.2) is 0 Å². The topological polar surface area (TPSA) is 71.1 Å². The zero-order valence-electron chi connectivity index (χ0n) is 24.0. The molecule has 37 heavy (non-hydrogen) atoms. The van der Waals surface area contributed by atoms with Gasteiger partial charge in [-0.2, -0.15) is 0 Å². The van der Waals surface area contributed by atoms with Gasteiger partial charge in [-0.3, -0.25) is 0 Å². The average Bonchev–Trinajstić information content (AvgIpc) is 3.21. The Kier molecular flexibility index (Phi) is 8.35. The molecule has 0 radical (unpaired) electrons. The highest BCUT2D eigenvalue weighted by atomic mass is 16.7. The van der Waals surface area contributed by atoms with E-state index in [0.29, 0.717) is 29.6 Å². The molecule has 0 N–H and O–H groups in total. The van der Waals surface area contributed by atoms with E-state index in [4.69, 9.17) is 18.9 Å². The van der Waals surface area contributed by atoms with Crippen LogP contribution in [-0.4, -0.2) is 38.7 Å². The molecule has 0 aromatic heterocycles. The molecule has 0 saturated heterocycles. The molecule has 6 heteroatoms. The van der Waals surface area contributed by atoms with Crippen LogP contribution in [0.3, 0.4) is 0 Å². The molecule has 4 aliphatic carbocycles. The van der Waals surface area contributed by atoms with E-state index in [2.05, 4.69) is 46.8 Å². The van der Waals surface area contributed by atoms with Gasteiger partial charge in [0.2, 0.25) is 0 Å². The van der Waals surface area contributed by atoms with Crippen LogP contribution in [0.5, 0.6) is 0 Å². The number of fused-ring (bicyclic) bond motifs is 5. The molecule has 0 aliphatic heterocycles. The molecule has 0 heterocycles. The molecule has 0 amide bonds. The molecule has 2 fully saturated rings. The van der Waals surface area contributed by atoms with Gasteiger partial charge in [0, 0.05) is 11.8 Å². The maximum absolute atomic E-state index is 12.3. The van der Waals surface area contributed by atoms with Gasteiger partial charge in [-0.05, 0) is 78.3 Å². The number of methoxy groups -OCH3 is 2. The summed E-state index contributed by atoms with van der Waals surface area (Å²) in [7, 11) is 2.64. The molecule has 208 valence electrons. The lowest BCUT2D eigenvalue weighted by Crippen LogP contribution is -2.55. The van der Waals surface area contributed by atoms with Crippen molar-refractivity contribution in [3.8, 4) is 0 Å². The summed E-state index contributed by atoms with van der Waals surface area (Å²) in [6.07, 6.45) is 13.6. The zero-order valence-corrected chi connectivity index (χ0v) is 24.0. The fraction of sp³-hybridized carbons (Fsp3) is 0.806. The normalized spacial score (nSPS) is 39.1. The number of hydrogen-bond acceptors (Lipinski definition) is 6. The van der Waals surface area contributed by atoms with Gasteiger partial charge in [-0.1, -0.05) is 66.0 Å². The summed E-state index contributed by atoms with van der Waals surface area (Å²) in [6.45, 7) is 11.9. The van der Waals surface area contributed by atoms with Crippen LogP contribution < -0.4 is 0 Å². The van der Waals surface area contributed by atoms with Crippen molar-refractivity contribution in [2.45, 2.75) is 98.2 Å². The Morgan fingerprint density at radius 3 is 2.35 bits per heavy atom. The van der Waals surface area contributed by atoms with Crippen molar-refractivity contribution in [1.29, 1.82) is 0 Å². The van der Waals surface area contributed by atoms with Crippen LogP contribution in [0.2, 0.25) is 0 Å². The summed E-state index contributed by atoms with van der Waals surface area (Å²) < 4.78 is 21.0. The van der Waals surface area contributed by atoms with Gasteiger partial charge in [0.05, 0.1) is 14.2 Å². The summed E-state index contributed by atoms with van der Waals surface area (Å²) in [5.74, 6) is 3.76. The van der Waals surface area contributed by atoms with E-state index >= 15 is 0 Å². The van der Waals surface area contributed by atoms with Gasteiger partial charge in [-0.25, -0.2) is 9.59 Å². The van der Waals surface area contributed by atoms with E-state index < -0.39 is 24.5 Å². The van der Waals surface area contributed by atoms with Crippen LogP contribution in [0.15, 0.2) is 23.8 Å². The van der Waals surface area contributed by atoms with E-state index in [1.165, 1.54) is 52.7 Å². The number of rotatable bonds is 7.